The minimum Gasteiger partial charge on any atom is -0.508 e. The minimum absolute atomic E-state index is 0.0362. The van der Waals surface area contributed by atoms with E-state index in [1.165, 1.54) is 101 Å². The lowest BCUT2D eigenvalue weighted by atomic mass is 10.0. The van der Waals surface area contributed by atoms with E-state index in [0.29, 0.717) is 75.6 Å². The number of rotatable bonds is 29. The molecular weight excluding hydrogens is 1370 g/mol. The highest BCUT2D eigenvalue weighted by Gasteiger charge is 2.23. The number of carbonyl (C=O) groups excluding carboxylic acids is 5. The van der Waals surface area contributed by atoms with E-state index in [2.05, 4.69) is 38.3 Å². The van der Waals surface area contributed by atoms with Crippen LogP contribution in [-0.2, 0) is 19.1 Å². The number of aromatic amines is 1. The summed E-state index contributed by atoms with van der Waals surface area (Å²) in [5.74, 6) is 0.185. The van der Waals surface area contributed by atoms with Crippen molar-refractivity contribution >= 4 is 97.2 Å². The first kappa shape index (κ1) is 83.6. The topological polar surface area (TPSA) is 321 Å². The molecule has 4 amide bonds. The van der Waals surface area contributed by atoms with Crippen LogP contribution in [0, 0.1) is 26.7 Å². The van der Waals surface area contributed by atoms with Crippen LogP contribution < -0.4 is 35.1 Å². The number of amides is 4. The van der Waals surface area contributed by atoms with Crippen LogP contribution in [0.4, 0.5) is 21.9 Å². The summed E-state index contributed by atoms with van der Waals surface area (Å²) in [4.78, 5) is 74.9. The molecule has 0 atom stereocenters. The lowest BCUT2D eigenvalue weighted by Gasteiger charge is -2.23. The maximum atomic E-state index is 13.1. The van der Waals surface area contributed by atoms with Gasteiger partial charge >= 0.3 is 18.0 Å². The van der Waals surface area contributed by atoms with E-state index in [4.69, 9.17) is 34.3 Å². The molecule has 9 N–H and O–H groups in total. The van der Waals surface area contributed by atoms with Crippen LogP contribution in [0.2, 0.25) is 0 Å². The number of aliphatic carboxylic acids is 1. The van der Waals surface area contributed by atoms with Crippen molar-refractivity contribution in [2.45, 2.75) is 137 Å². The van der Waals surface area contributed by atoms with Crippen molar-refractivity contribution in [3.05, 3.63) is 198 Å². The van der Waals surface area contributed by atoms with E-state index >= 15 is 0 Å². The molecule has 9 aromatic carbocycles. The van der Waals surface area contributed by atoms with E-state index in [-0.39, 0.29) is 70.7 Å². The Labute approximate surface area is 623 Å². The van der Waals surface area contributed by atoms with E-state index in [0.717, 1.165) is 51.8 Å². The smallest absolute Gasteiger partial charge is 0.411 e. The number of phenols is 4. The number of nitrogens with zero attached hydrogens (tertiary/aromatic N) is 3. The molecule has 10 aromatic rings. The molecule has 0 aliphatic rings. The number of benzene rings is 9. The number of aromatic nitrogens is 3. The van der Waals surface area contributed by atoms with Crippen molar-refractivity contribution in [3.63, 3.8) is 0 Å². The summed E-state index contributed by atoms with van der Waals surface area (Å²) < 4.78 is 21.1. The number of anilines is 3. The average molecular weight is 1470 g/mol. The van der Waals surface area contributed by atoms with Gasteiger partial charge < -0.3 is 60.0 Å². The van der Waals surface area contributed by atoms with Crippen LogP contribution in [0.25, 0.3) is 32.6 Å². The van der Waals surface area contributed by atoms with Gasteiger partial charge in [-0.15, -0.1) is 11.8 Å². The molecule has 0 aliphatic heterocycles. The molecule has 23 heteroatoms. The van der Waals surface area contributed by atoms with Crippen LogP contribution in [0.3, 0.4) is 0 Å². The third kappa shape index (κ3) is 27.4. The first-order valence-electron chi connectivity index (χ1n) is 35.5. The number of fused-ring (bicyclic) bond motifs is 3. The van der Waals surface area contributed by atoms with Crippen molar-refractivity contribution < 1.29 is 73.2 Å². The first-order valence-corrected chi connectivity index (χ1v) is 36.5. The molecule has 106 heavy (non-hydrogen) atoms. The van der Waals surface area contributed by atoms with Crippen LogP contribution in [0.5, 0.6) is 40.2 Å². The van der Waals surface area contributed by atoms with Gasteiger partial charge in [0.2, 0.25) is 5.91 Å². The number of nitrogens with one attached hydrogen (secondary N) is 4. The van der Waals surface area contributed by atoms with Crippen LogP contribution in [-0.4, -0.2) is 116 Å². The van der Waals surface area contributed by atoms with Crippen molar-refractivity contribution in [3.8, 4) is 40.2 Å². The SMILES string of the molecule is CC(=O)Oc1ccccc1.CCCCCCCCCCCCN(C(C)=O)c1cccc2c(O)c(C(=O)Nc3ccccc3OC)ccc12.Cc1cc(O)ccc1O.Cc1ccc(OCCCNC(=O)c2cc(SCCC(=O)O)c3c(NC(=O)OCC(C)C)cccc3c2O)c(C)c1.c1ccc2n[nH]nc2c1. The fourth-order valence-electron chi connectivity index (χ4n) is 10.9. The number of ether oxygens (including phenoxy) is 4. The predicted octanol–water partition coefficient (Wildman–Crippen LogP) is 18.2. The number of carboxylic acid groups (broad SMARTS) is 1. The Morgan fingerprint density at radius 2 is 1.23 bits per heavy atom. The second-order valence-electron chi connectivity index (χ2n) is 25.4. The molecule has 22 nitrogen and oxygen atoms in total. The third-order valence-electron chi connectivity index (χ3n) is 16.3. The third-order valence-corrected chi connectivity index (χ3v) is 17.4. The molecule has 0 aliphatic carbocycles. The maximum absolute atomic E-state index is 13.1. The second kappa shape index (κ2) is 44.4. The van der Waals surface area contributed by atoms with Gasteiger partial charge in [-0.3, -0.25) is 29.3 Å². The Morgan fingerprint density at radius 3 is 1.86 bits per heavy atom. The number of aryl methyl sites for hydroxylation is 3. The molecule has 10 rings (SSSR count). The van der Waals surface area contributed by atoms with E-state index in [1.54, 1.807) is 85.5 Å². The van der Waals surface area contributed by atoms with E-state index < -0.39 is 23.9 Å². The molecule has 0 radical (unpaired) electrons. The monoisotopic (exact) mass is 1470 g/mol. The summed E-state index contributed by atoms with van der Waals surface area (Å²) in [5, 5.41) is 69.7. The van der Waals surface area contributed by atoms with Crippen LogP contribution >= 0.6 is 11.8 Å². The number of phenolic OH excluding ortho intramolecular Hbond substituents is 4. The number of thioether (sulfide) groups is 1. The standard InChI is InChI=1S/C32H42N2O4.C30H36N2O7S.C8H8O2.C7H8O2.C6H5N3/c1-4-5-6-7-8-9-10-11-12-15-23-34(24(2)35)29-19-16-17-26-25(29)21-22-27(31(26)36)32(37)33-28-18-13-14-20-30(28)38-3;1-18(2)17-39-30(37)32-23-8-5-7-21-27(23)25(40-14-11-26(33)34)16-22(28(21)35)29(36)31-12-6-13-38-24-10-9-19(3)15-20(24)4;1-7(9)10-8-5-3-2-4-6-8;1-5-4-6(8)2-3-7(5)9;1-2-4-6-5(3-1)7-9-8-6/h13-14,16-22,36H,4-12,15,23H2,1-3H3,(H,33,37);5,7-10,15-16,18,35H,6,11-14,17H2,1-4H3,(H,31,36)(H,32,37)(H,33,34);2-6H,1H3;2-4,8-9H,1H3;1-4H,(H,7,8,9). The van der Waals surface area contributed by atoms with Gasteiger partial charge in [-0.05, 0) is 136 Å². The van der Waals surface area contributed by atoms with Crippen molar-refractivity contribution in [1.29, 1.82) is 0 Å². The van der Waals surface area contributed by atoms with Gasteiger partial charge in [-0.2, -0.15) is 15.4 Å². The number of para-hydroxylation sites is 5. The Bertz CT molecular complexity index is 4460. The number of hydrogen-bond acceptors (Lipinski definition) is 17. The number of carboxylic acids is 1. The Balaban J connectivity index is 0.000000242. The fraction of sp³-hybridized carbons (Fsp3) is 0.325. The van der Waals surface area contributed by atoms with Crippen LogP contribution in [0.1, 0.15) is 149 Å². The van der Waals surface area contributed by atoms with Gasteiger partial charge in [0, 0.05) is 59.1 Å². The summed E-state index contributed by atoms with van der Waals surface area (Å²) >= 11 is 1.23. The van der Waals surface area contributed by atoms with Gasteiger partial charge in [0.1, 0.15) is 51.3 Å². The molecule has 562 valence electrons. The van der Waals surface area contributed by atoms with Crippen molar-refractivity contribution in [2.75, 3.05) is 54.7 Å². The molecular formula is C83H99N7O15S. The Kier molecular flexibility index (Phi) is 35.0. The zero-order chi connectivity index (χ0) is 76.9. The molecule has 0 saturated heterocycles. The number of esters is 1. The molecule has 0 bridgehead atoms. The number of hydrogen-bond donors (Lipinski definition) is 9. The van der Waals surface area contributed by atoms with E-state index in [1.807, 2.05) is 107 Å². The molecule has 1 aromatic heterocycles. The van der Waals surface area contributed by atoms with Gasteiger partial charge in [-0.25, -0.2) is 4.79 Å². The first-order chi connectivity index (χ1) is 51.0. The molecule has 1 heterocycles. The zero-order valence-electron chi connectivity index (χ0n) is 61.8. The summed E-state index contributed by atoms with van der Waals surface area (Å²) in [6.45, 7) is 16.4. The highest BCUT2D eigenvalue weighted by molar-refractivity contribution is 7.99. The van der Waals surface area contributed by atoms with Crippen molar-refractivity contribution in [2.24, 2.45) is 5.92 Å². The fourth-order valence-corrected chi connectivity index (χ4v) is 12.0. The molecule has 0 unspecified atom stereocenters. The maximum Gasteiger partial charge on any atom is 0.411 e. The lowest BCUT2D eigenvalue weighted by molar-refractivity contribution is -0.136. The number of methoxy groups -OCH3 is 1. The highest BCUT2D eigenvalue weighted by atomic mass is 32.2. The molecule has 0 spiro atoms. The summed E-state index contributed by atoms with van der Waals surface area (Å²) in [6.07, 6.45) is 12.2. The largest absolute Gasteiger partial charge is 0.508 e. The Hall–Kier alpha value is -11.3. The van der Waals surface area contributed by atoms with Crippen LogP contribution in [0.15, 0.2) is 175 Å². The highest BCUT2D eigenvalue weighted by Crippen LogP contribution is 2.42. The van der Waals surface area contributed by atoms with Gasteiger partial charge in [0.15, 0.2) is 0 Å². The van der Waals surface area contributed by atoms with Gasteiger partial charge in [0.25, 0.3) is 11.8 Å². The predicted molar refractivity (Wildman–Crippen MR) is 419 cm³/mol. The van der Waals surface area contributed by atoms with E-state index in [9.17, 15) is 39.0 Å². The minimum atomic E-state index is -0.952. The Morgan fingerprint density at radius 1 is 0.594 bits per heavy atom. The van der Waals surface area contributed by atoms with Gasteiger partial charge in [0.05, 0.1) is 54.9 Å². The number of carbonyl (C=O) groups is 6. The lowest BCUT2D eigenvalue weighted by Crippen LogP contribution is -2.29. The summed E-state index contributed by atoms with van der Waals surface area (Å²) in [7, 11) is 1.54. The number of unbranched alkanes of at least 4 members (excludes halogenated alkanes) is 9. The second-order valence-corrected chi connectivity index (χ2v) is 26.5. The average Bonchev–Trinajstić information content (AvgIpc) is 0.856. The molecule has 0 fully saturated rings. The van der Waals surface area contributed by atoms with Gasteiger partial charge in [-0.1, -0.05) is 169 Å². The number of H-pyrrole nitrogens is 1. The van der Waals surface area contributed by atoms with Crippen molar-refractivity contribution in [1.82, 2.24) is 20.7 Å². The number of aromatic hydroxyl groups is 4. The molecule has 0 saturated carbocycles. The normalized spacial score (nSPS) is 10.5. The zero-order valence-corrected chi connectivity index (χ0v) is 62.6. The summed E-state index contributed by atoms with van der Waals surface area (Å²) in [5.41, 5.74) is 6.58. The summed E-state index contributed by atoms with van der Waals surface area (Å²) in [6, 6.07) is 49.5. The quantitative estimate of drug-likeness (QED) is 0.00691.